The number of rotatable bonds is 4. The third-order valence-corrected chi connectivity index (χ3v) is 6.03. The van der Waals surface area contributed by atoms with Crippen molar-refractivity contribution in [1.82, 2.24) is 19.2 Å². The summed E-state index contributed by atoms with van der Waals surface area (Å²) in [5, 5.41) is 9.75. The molecule has 0 atom stereocenters. The van der Waals surface area contributed by atoms with Crippen molar-refractivity contribution in [3.05, 3.63) is 76.1 Å². The van der Waals surface area contributed by atoms with Crippen molar-refractivity contribution in [2.45, 2.75) is 39.2 Å². The molecule has 31 heavy (non-hydrogen) atoms. The maximum atomic E-state index is 13.4. The molecular weight excluding hydrogens is 386 g/mol. The molecule has 4 aromatic rings. The number of anilines is 1. The van der Waals surface area contributed by atoms with Crippen molar-refractivity contribution >= 4 is 28.7 Å². The molecule has 0 saturated carbocycles. The van der Waals surface area contributed by atoms with Gasteiger partial charge in [0.1, 0.15) is 0 Å². The van der Waals surface area contributed by atoms with Gasteiger partial charge in [0.05, 0.1) is 10.9 Å². The van der Waals surface area contributed by atoms with Gasteiger partial charge >= 0.3 is 0 Å². The lowest BCUT2D eigenvalue weighted by atomic mass is 10.1. The summed E-state index contributed by atoms with van der Waals surface area (Å²) in [6, 6.07) is 16.1. The van der Waals surface area contributed by atoms with Crippen molar-refractivity contribution in [3.8, 4) is 0 Å². The zero-order chi connectivity index (χ0) is 21.2. The van der Waals surface area contributed by atoms with Crippen molar-refractivity contribution in [1.29, 1.82) is 0 Å². The Balaban J connectivity index is 1.66. The fourth-order valence-electron chi connectivity index (χ4n) is 4.40. The van der Waals surface area contributed by atoms with E-state index < -0.39 is 0 Å². The number of aromatic nitrogens is 4. The number of hydrogen-bond donors (Lipinski definition) is 0. The van der Waals surface area contributed by atoms with Crippen LogP contribution in [-0.2, 0) is 6.54 Å². The molecule has 0 N–H and O–H groups in total. The Hall–Kier alpha value is -3.41. The van der Waals surface area contributed by atoms with Gasteiger partial charge in [-0.25, -0.2) is 4.40 Å². The second-order valence-corrected chi connectivity index (χ2v) is 8.29. The second-order valence-electron chi connectivity index (χ2n) is 8.29. The molecule has 1 aliphatic heterocycles. The van der Waals surface area contributed by atoms with Crippen LogP contribution in [0.15, 0.2) is 59.4 Å². The highest BCUT2D eigenvalue weighted by Crippen LogP contribution is 2.23. The van der Waals surface area contributed by atoms with Gasteiger partial charge in [-0.15, -0.1) is 10.2 Å². The van der Waals surface area contributed by atoms with E-state index in [0.717, 1.165) is 48.5 Å². The van der Waals surface area contributed by atoms with Crippen LogP contribution < -0.4 is 10.5 Å². The molecule has 0 bridgehead atoms. The van der Waals surface area contributed by atoms with Crippen LogP contribution in [0.4, 0.5) is 5.95 Å². The molecule has 6 nitrogen and oxygen atoms in total. The fourth-order valence-corrected chi connectivity index (χ4v) is 4.40. The van der Waals surface area contributed by atoms with E-state index in [1.165, 1.54) is 12.8 Å². The van der Waals surface area contributed by atoms with Gasteiger partial charge in [-0.1, -0.05) is 61.4 Å². The first-order valence-corrected chi connectivity index (χ1v) is 11.1. The van der Waals surface area contributed by atoms with Crippen molar-refractivity contribution in [2.24, 2.45) is 0 Å². The minimum atomic E-state index is -0.0324. The van der Waals surface area contributed by atoms with E-state index in [0.29, 0.717) is 17.7 Å². The molecule has 1 fully saturated rings. The summed E-state index contributed by atoms with van der Waals surface area (Å²) in [5.41, 5.74) is 3.07. The Bertz CT molecular complexity index is 1290. The van der Waals surface area contributed by atoms with Crippen LogP contribution in [0.25, 0.3) is 22.8 Å². The lowest BCUT2D eigenvalue weighted by Gasteiger charge is -2.21. The van der Waals surface area contributed by atoms with Crippen LogP contribution in [0, 0.1) is 6.92 Å². The summed E-state index contributed by atoms with van der Waals surface area (Å²) >= 11 is 0. The van der Waals surface area contributed by atoms with Crippen molar-refractivity contribution in [3.63, 3.8) is 0 Å². The van der Waals surface area contributed by atoms with Gasteiger partial charge in [-0.3, -0.25) is 9.36 Å². The molecule has 6 heteroatoms. The molecular formula is C25H27N5O. The first-order valence-electron chi connectivity index (χ1n) is 11.1. The highest BCUT2D eigenvalue weighted by atomic mass is 16.1. The molecule has 5 rings (SSSR count). The monoisotopic (exact) mass is 413 g/mol. The molecule has 1 saturated heterocycles. The molecule has 3 heterocycles. The zero-order valence-electron chi connectivity index (χ0n) is 17.9. The van der Waals surface area contributed by atoms with E-state index in [9.17, 15) is 4.79 Å². The van der Waals surface area contributed by atoms with Crippen LogP contribution in [0.1, 0.15) is 36.8 Å². The molecule has 0 aliphatic carbocycles. The highest BCUT2D eigenvalue weighted by molar-refractivity contribution is 5.82. The predicted octanol–water partition coefficient (Wildman–Crippen LogP) is 4.45. The molecule has 2 aromatic heterocycles. The minimum Gasteiger partial charge on any atom is -0.341 e. The number of benzene rings is 2. The maximum absolute atomic E-state index is 13.4. The molecule has 2 aromatic carbocycles. The normalized spacial score (nSPS) is 15.2. The summed E-state index contributed by atoms with van der Waals surface area (Å²) in [6.45, 7) is 4.44. The topological polar surface area (TPSA) is 55.4 Å². The second kappa shape index (κ2) is 8.38. The molecule has 0 amide bonds. The van der Waals surface area contributed by atoms with Crippen LogP contribution in [0.3, 0.4) is 0 Å². The summed E-state index contributed by atoms with van der Waals surface area (Å²) in [5.74, 6) is 1.44. The van der Waals surface area contributed by atoms with Gasteiger partial charge < -0.3 is 4.90 Å². The SMILES string of the molecule is Cc1ccc2c(=O)n(C/C=C/c3ccccc3)c3nnc(N4CCCCCC4)n3c2c1. The van der Waals surface area contributed by atoms with E-state index in [4.69, 9.17) is 0 Å². The first-order chi connectivity index (χ1) is 15.2. The molecule has 0 spiro atoms. The van der Waals surface area contributed by atoms with Crippen molar-refractivity contribution < 1.29 is 0 Å². The van der Waals surface area contributed by atoms with E-state index in [2.05, 4.69) is 32.5 Å². The number of aryl methyl sites for hydroxylation is 1. The highest BCUT2D eigenvalue weighted by Gasteiger charge is 2.21. The van der Waals surface area contributed by atoms with E-state index >= 15 is 0 Å². The summed E-state index contributed by atoms with van der Waals surface area (Å²) in [7, 11) is 0. The number of hydrogen-bond acceptors (Lipinski definition) is 4. The zero-order valence-corrected chi connectivity index (χ0v) is 17.9. The molecule has 1 aliphatic rings. The minimum absolute atomic E-state index is 0.0324. The lowest BCUT2D eigenvalue weighted by molar-refractivity contribution is 0.726. The maximum Gasteiger partial charge on any atom is 0.263 e. The third kappa shape index (κ3) is 3.74. The van der Waals surface area contributed by atoms with Gasteiger partial charge in [-0.2, -0.15) is 0 Å². The summed E-state index contributed by atoms with van der Waals surface area (Å²) in [6.07, 6.45) is 8.87. The number of allylic oxidation sites excluding steroid dienone is 1. The average molecular weight is 414 g/mol. The van der Waals surface area contributed by atoms with Gasteiger partial charge in [0.15, 0.2) is 0 Å². The number of nitrogens with zero attached hydrogens (tertiary/aromatic N) is 5. The molecule has 158 valence electrons. The quantitative estimate of drug-likeness (QED) is 0.496. The Morgan fingerprint density at radius 1 is 0.968 bits per heavy atom. The van der Waals surface area contributed by atoms with Gasteiger partial charge in [0.2, 0.25) is 11.7 Å². The van der Waals surface area contributed by atoms with Crippen LogP contribution in [0.2, 0.25) is 0 Å². The molecule has 0 radical (unpaired) electrons. The largest absolute Gasteiger partial charge is 0.341 e. The van der Waals surface area contributed by atoms with Gasteiger partial charge in [0, 0.05) is 19.6 Å². The first kappa shape index (κ1) is 19.5. The van der Waals surface area contributed by atoms with E-state index in [-0.39, 0.29) is 5.56 Å². The van der Waals surface area contributed by atoms with E-state index in [1.54, 1.807) is 4.57 Å². The number of fused-ring (bicyclic) bond motifs is 3. The smallest absolute Gasteiger partial charge is 0.263 e. The predicted molar refractivity (Wildman–Crippen MR) is 126 cm³/mol. The Labute approximate surface area is 181 Å². The van der Waals surface area contributed by atoms with Gasteiger partial charge in [0.25, 0.3) is 5.56 Å². The van der Waals surface area contributed by atoms with Crippen LogP contribution in [-0.4, -0.2) is 32.3 Å². The Morgan fingerprint density at radius 2 is 1.74 bits per heavy atom. The fraction of sp³-hybridized carbons (Fsp3) is 0.320. The van der Waals surface area contributed by atoms with Crippen LogP contribution >= 0.6 is 0 Å². The van der Waals surface area contributed by atoms with Crippen molar-refractivity contribution in [2.75, 3.05) is 18.0 Å². The van der Waals surface area contributed by atoms with Crippen LogP contribution in [0.5, 0.6) is 0 Å². The van der Waals surface area contributed by atoms with Gasteiger partial charge in [-0.05, 0) is 43.0 Å². The summed E-state index contributed by atoms with van der Waals surface area (Å²) in [4.78, 5) is 15.7. The van der Waals surface area contributed by atoms with E-state index in [1.807, 2.05) is 54.6 Å². The Morgan fingerprint density at radius 3 is 2.52 bits per heavy atom. The Kier molecular flexibility index (Phi) is 5.28. The average Bonchev–Trinajstić information content (AvgIpc) is 3.04. The third-order valence-electron chi connectivity index (χ3n) is 6.03. The standard InChI is InChI=1S/C25H27N5O/c1-19-13-14-21-22(18-19)30-24(28-15-7-2-3-8-16-28)26-27-25(30)29(23(21)31)17-9-12-20-10-5-4-6-11-20/h4-6,9-14,18H,2-3,7-8,15-17H2,1H3/b12-9+. The lowest BCUT2D eigenvalue weighted by Crippen LogP contribution is -2.28. The summed E-state index contributed by atoms with van der Waals surface area (Å²) < 4.78 is 3.80. The molecule has 0 unspecified atom stereocenters.